The van der Waals surface area contributed by atoms with Crippen LogP contribution in [0.5, 0.6) is 5.75 Å². The lowest BCUT2D eigenvalue weighted by atomic mass is 9.77. The van der Waals surface area contributed by atoms with E-state index in [1.165, 1.54) is 33.4 Å². The van der Waals surface area contributed by atoms with Crippen LogP contribution in [0.4, 0.5) is 0 Å². The summed E-state index contributed by atoms with van der Waals surface area (Å²) in [5.41, 5.74) is 7.81. The van der Waals surface area contributed by atoms with Crippen molar-refractivity contribution in [2.24, 2.45) is 0 Å². The van der Waals surface area contributed by atoms with E-state index >= 15 is 0 Å². The van der Waals surface area contributed by atoms with Gasteiger partial charge in [-0.2, -0.15) is 0 Å². The van der Waals surface area contributed by atoms with Gasteiger partial charge in [0.1, 0.15) is 5.75 Å². The fraction of sp³-hybridized carbons (Fsp3) is 0.440. The molecule has 0 fully saturated rings. The maximum Gasteiger partial charge on any atom is 0.126 e. The molecule has 0 aliphatic heterocycles. The Morgan fingerprint density at radius 3 is 2.04 bits per heavy atom. The summed E-state index contributed by atoms with van der Waals surface area (Å²) in [6.07, 6.45) is 14.4. The molecule has 0 heterocycles. The molecule has 137 valence electrons. The molecule has 0 atom stereocenters. The lowest BCUT2D eigenvalue weighted by molar-refractivity contribution is 0.381. The molecule has 3 rings (SSSR count). The van der Waals surface area contributed by atoms with Crippen molar-refractivity contribution in [1.29, 1.82) is 0 Å². The van der Waals surface area contributed by atoms with E-state index in [1.807, 2.05) is 0 Å². The lowest BCUT2D eigenvalue weighted by Gasteiger charge is -2.30. The van der Waals surface area contributed by atoms with Gasteiger partial charge in [0.15, 0.2) is 0 Å². The fourth-order valence-corrected chi connectivity index (χ4v) is 3.76. The Balaban J connectivity index is 2.18. The third-order valence-electron chi connectivity index (χ3n) is 5.17. The molecule has 1 heteroatoms. The highest BCUT2D eigenvalue weighted by molar-refractivity contribution is 5.86. The van der Waals surface area contributed by atoms with Gasteiger partial charge in [0, 0.05) is 11.1 Å². The third kappa shape index (κ3) is 3.45. The maximum absolute atomic E-state index is 5.91. The number of ether oxygens (including phenoxy) is 1. The second kappa shape index (κ2) is 6.61. The summed E-state index contributed by atoms with van der Waals surface area (Å²) in [6.45, 7) is 13.5. The topological polar surface area (TPSA) is 9.23 Å². The van der Waals surface area contributed by atoms with Crippen molar-refractivity contribution in [3.8, 4) is 5.75 Å². The highest BCUT2D eigenvalue weighted by atomic mass is 16.5. The Morgan fingerprint density at radius 2 is 1.58 bits per heavy atom. The highest BCUT2D eigenvalue weighted by Gasteiger charge is 2.29. The molecule has 26 heavy (non-hydrogen) atoms. The zero-order chi connectivity index (χ0) is 19.1. The molecule has 0 saturated heterocycles. The minimum atomic E-state index is 0.0125. The zero-order valence-electron chi connectivity index (χ0n) is 17.3. The number of hydrogen-bond acceptors (Lipinski definition) is 1. The quantitative estimate of drug-likeness (QED) is 0.591. The number of benzene rings is 1. The van der Waals surface area contributed by atoms with Crippen LogP contribution in [0.25, 0.3) is 5.57 Å². The van der Waals surface area contributed by atoms with Gasteiger partial charge in [-0.25, -0.2) is 0 Å². The molecule has 2 aliphatic carbocycles. The number of allylic oxidation sites excluding steroid dienone is 8. The first kappa shape index (κ1) is 18.8. The standard InChI is InChI=1S/C25H31O/c1-24(2,3)21-15-18(16-22(23(21)26-7)25(4,5)6)20-14-10-13-19(20)17-11-8-9-12-17/h8-9,11,13,15-16H,10,12H2,1-7H3. The summed E-state index contributed by atoms with van der Waals surface area (Å²) in [4.78, 5) is 0. The number of methoxy groups -OCH3 is 1. The molecule has 1 radical (unpaired) electrons. The Hall–Kier alpha value is -2.02. The van der Waals surface area contributed by atoms with Crippen LogP contribution in [0, 0.1) is 6.08 Å². The van der Waals surface area contributed by atoms with E-state index in [0.717, 1.165) is 18.6 Å². The number of hydrogen-bond donors (Lipinski definition) is 0. The Kier molecular flexibility index (Phi) is 4.77. The molecule has 0 bridgehead atoms. The van der Waals surface area contributed by atoms with E-state index in [-0.39, 0.29) is 10.8 Å². The highest BCUT2D eigenvalue weighted by Crippen LogP contribution is 2.44. The van der Waals surface area contributed by atoms with E-state index in [4.69, 9.17) is 4.74 Å². The van der Waals surface area contributed by atoms with Gasteiger partial charge >= 0.3 is 0 Å². The molecule has 0 unspecified atom stereocenters. The molecule has 0 N–H and O–H groups in total. The first-order valence-electron chi connectivity index (χ1n) is 9.53. The van der Waals surface area contributed by atoms with Crippen LogP contribution in [0.3, 0.4) is 0 Å². The molecular weight excluding hydrogens is 316 g/mol. The van der Waals surface area contributed by atoms with Crippen LogP contribution in [-0.2, 0) is 10.8 Å². The summed E-state index contributed by atoms with van der Waals surface area (Å²) in [7, 11) is 1.79. The Labute approximate surface area is 159 Å². The molecule has 0 amide bonds. The van der Waals surface area contributed by atoms with Gasteiger partial charge < -0.3 is 4.74 Å². The van der Waals surface area contributed by atoms with Crippen LogP contribution in [0.15, 0.2) is 47.6 Å². The van der Waals surface area contributed by atoms with Crippen LogP contribution in [0.2, 0.25) is 0 Å². The third-order valence-corrected chi connectivity index (χ3v) is 5.17. The average molecular weight is 348 g/mol. The summed E-state index contributed by atoms with van der Waals surface area (Å²) >= 11 is 0. The van der Waals surface area contributed by atoms with Crippen molar-refractivity contribution in [2.45, 2.75) is 65.2 Å². The van der Waals surface area contributed by atoms with E-state index in [0.29, 0.717) is 0 Å². The minimum Gasteiger partial charge on any atom is -0.496 e. The molecular formula is C25H31O. The van der Waals surface area contributed by atoms with Gasteiger partial charge in [-0.1, -0.05) is 65.8 Å². The second-order valence-corrected chi connectivity index (χ2v) is 9.30. The van der Waals surface area contributed by atoms with Crippen molar-refractivity contribution in [3.63, 3.8) is 0 Å². The second-order valence-electron chi connectivity index (χ2n) is 9.30. The predicted octanol–water partition coefficient (Wildman–Crippen LogP) is 6.69. The van der Waals surface area contributed by atoms with Gasteiger partial charge in [-0.15, -0.1) is 0 Å². The molecule has 1 aromatic rings. The van der Waals surface area contributed by atoms with E-state index in [1.54, 1.807) is 7.11 Å². The Bertz CT molecular complexity index is 795. The van der Waals surface area contributed by atoms with Gasteiger partial charge in [-0.3, -0.25) is 0 Å². The predicted molar refractivity (Wildman–Crippen MR) is 112 cm³/mol. The zero-order valence-corrected chi connectivity index (χ0v) is 17.3. The first-order valence-corrected chi connectivity index (χ1v) is 9.53. The normalized spacial score (nSPS) is 17.3. The molecule has 1 nitrogen and oxygen atoms in total. The molecule has 2 aliphatic rings. The molecule has 0 spiro atoms. The van der Waals surface area contributed by atoms with E-state index in [2.05, 4.69) is 84.1 Å². The smallest absolute Gasteiger partial charge is 0.126 e. The number of rotatable bonds is 3. The van der Waals surface area contributed by atoms with Crippen molar-refractivity contribution in [3.05, 3.63) is 70.3 Å². The molecule has 1 aromatic carbocycles. The van der Waals surface area contributed by atoms with Crippen LogP contribution < -0.4 is 4.74 Å². The monoisotopic (exact) mass is 347 g/mol. The fourth-order valence-electron chi connectivity index (χ4n) is 3.76. The largest absolute Gasteiger partial charge is 0.496 e. The van der Waals surface area contributed by atoms with Gasteiger partial charge in [0.2, 0.25) is 0 Å². The van der Waals surface area contributed by atoms with Gasteiger partial charge in [0.25, 0.3) is 0 Å². The lowest BCUT2D eigenvalue weighted by Crippen LogP contribution is -2.19. The summed E-state index contributed by atoms with van der Waals surface area (Å²) < 4.78 is 5.91. The van der Waals surface area contributed by atoms with Crippen LogP contribution in [-0.4, -0.2) is 7.11 Å². The average Bonchev–Trinajstić information content (AvgIpc) is 3.22. The van der Waals surface area contributed by atoms with Crippen LogP contribution in [0.1, 0.15) is 71.1 Å². The van der Waals surface area contributed by atoms with E-state index in [9.17, 15) is 0 Å². The van der Waals surface area contributed by atoms with Crippen molar-refractivity contribution in [2.75, 3.05) is 7.11 Å². The maximum atomic E-state index is 5.91. The molecule has 0 saturated carbocycles. The van der Waals surface area contributed by atoms with Crippen molar-refractivity contribution in [1.82, 2.24) is 0 Å². The summed E-state index contributed by atoms with van der Waals surface area (Å²) in [5.74, 6) is 1.03. The van der Waals surface area contributed by atoms with E-state index < -0.39 is 0 Å². The molecule has 0 aromatic heterocycles. The Morgan fingerprint density at radius 1 is 0.962 bits per heavy atom. The van der Waals surface area contributed by atoms with Crippen LogP contribution >= 0.6 is 0 Å². The minimum absolute atomic E-state index is 0.0125. The van der Waals surface area contributed by atoms with Crippen molar-refractivity contribution >= 4 is 5.57 Å². The van der Waals surface area contributed by atoms with Crippen molar-refractivity contribution < 1.29 is 4.74 Å². The summed E-state index contributed by atoms with van der Waals surface area (Å²) in [6, 6.07) is 4.64. The van der Waals surface area contributed by atoms with Gasteiger partial charge in [-0.05, 0) is 64.2 Å². The summed E-state index contributed by atoms with van der Waals surface area (Å²) in [5, 5.41) is 0. The van der Waals surface area contributed by atoms with Gasteiger partial charge in [0.05, 0.1) is 7.11 Å². The SMILES string of the molecule is COc1c(C(C)(C)C)cc(C2=[C]CC=C2C2=CC=CC2)cc1C(C)(C)C. The first-order chi connectivity index (χ1) is 12.1.